The summed E-state index contributed by atoms with van der Waals surface area (Å²) in [5.41, 5.74) is 3.44. The maximum Gasteiger partial charge on any atom is 0.227 e. The molecule has 0 radical (unpaired) electrons. The number of halogens is 2. The van der Waals surface area contributed by atoms with Crippen molar-refractivity contribution in [1.29, 1.82) is 0 Å². The van der Waals surface area contributed by atoms with E-state index in [0.29, 0.717) is 6.54 Å². The molecule has 1 aliphatic heterocycles. The number of carbonyl (C=O) groups is 1. The van der Waals surface area contributed by atoms with Crippen molar-refractivity contribution in [3.63, 3.8) is 0 Å². The summed E-state index contributed by atoms with van der Waals surface area (Å²) in [4.78, 5) is 19.4. The predicted octanol–water partition coefficient (Wildman–Crippen LogP) is 4.98. The Morgan fingerprint density at radius 2 is 1.66 bits per heavy atom. The Morgan fingerprint density at radius 3 is 2.38 bits per heavy atom. The van der Waals surface area contributed by atoms with Gasteiger partial charge in [-0.25, -0.2) is 8.78 Å². The largest absolute Gasteiger partial charge is 0.342 e. The summed E-state index contributed by atoms with van der Waals surface area (Å²) in [5, 5.41) is 0. The van der Waals surface area contributed by atoms with Gasteiger partial charge in [-0.1, -0.05) is 18.2 Å². The Kier molecular flexibility index (Phi) is 5.65. The Balaban J connectivity index is 1.46. The first-order valence-electron chi connectivity index (χ1n) is 9.83. The number of hydrogen-bond acceptors (Lipinski definition) is 2. The van der Waals surface area contributed by atoms with E-state index in [1.807, 2.05) is 23.1 Å². The molecule has 2 aromatic carbocycles. The number of pyridine rings is 1. The number of likely N-dealkylation sites (tertiary alicyclic amines) is 1. The smallest absolute Gasteiger partial charge is 0.227 e. The minimum absolute atomic E-state index is 0.0518. The Labute approximate surface area is 169 Å². The molecule has 1 atom stereocenters. The highest BCUT2D eigenvalue weighted by atomic mass is 19.1. The molecule has 1 fully saturated rings. The summed E-state index contributed by atoms with van der Waals surface area (Å²) in [5.74, 6) is -0.351. The lowest BCUT2D eigenvalue weighted by Gasteiger charge is -2.32. The minimum Gasteiger partial charge on any atom is -0.342 e. The van der Waals surface area contributed by atoms with E-state index < -0.39 is 0 Å². The van der Waals surface area contributed by atoms with Crippen LogP contribution in [-0.4, -0.2) is 28.9 Å². The second-order valence-corrected chi connectivity index (χ2v) is 7.44. The van der Waals surface area contributed by atoms with Gasteiger partial charge in [0.15, 0.2) is 0 Å². The van der Waals surface area contributed by atoms with E-state index in [2.05, 4.69) is 0 Å². The number of nitrogens with zero attached hydrogens (tertiary/aromatic N) is 2. The molecular formula is C24H22F2N2O. The van der Waals surface area contributed by atoms with Crippen molar-refractivity contribution in [2.75, 3.05) is 13.1 Å². The van der Waals surface area contributed by atoms with Crippen molar-refractivity contribution in [1.82, 2.24) is 9.88 Å². The zero-order valence-electron chi connectivity index (χ0n) is 16.0. The van der Waals surface area contributed by atoms with E-state index in [9.17, 15) is 13.6 Å². The number of hydrogen-bond donors (Lipinski definition) is 0. The summed E-state index contributed by atoms with van der Waals surface area (Å²) in [6.45, 7) is 1.36. The molecule has 2 heterocycles. The third-order valence-corrected chi connectivity index (χ3v) is 5.37. The molecule has 0 aliphatic carbocycles. The van der Waals surface area contributed by atoms with Crippen LogP contribution in [0.25, 0.3) is 11.3 Å². The van der Waals surface area contributed by atoms with Gasteiger partial charge < -0.3 is 4.90 Å². The first-order chi connectivity index (χ1) is 14.1. The third kappa shape index (κ3) is 4.67. The molecule has 0 bridgehead atoms. The average Bonchev–Trinajstić information content (AvgIpc) is 2.76. The van der Waals surface area contributed by atoms with Gasteiger partial charge in [-0.15, -0.1) is 0 Å². The summed E-state index contributed by atoms with van der Waals surface area (Å²) < 4.78 is 26.3. The first kappa shape index (κ1) is 19.2. The van der Waals surface area contributed by atoms with Gasteiger partial charge in [-0.3, -0.25) is 9.78 Å². The van der Waals surface area contributed by atoms with Crippen LogP contribution in [0.1, 0.15) is 30.0 Å². The van der Waals surface area contributed by atoms with Crippen molar-refractivity contribution in [2.24, 2.45) is 0 Å². The van der Waals surface area contributed by atoms with Gasteiger partial charge in [0, 0.05) is 30.3 Å². The molecule has 5 heteroatoms. The summed E-state index contributed by atoms with van der Waals surface area (Å²) in [6.07, 6.45) is 2.17. The number of amides is 1. The molecule has 0 spiro atoms. The minimum atomic E-state index is -0.300. The molecule has 1 aromatic heterocycles. The fourth-order valence-corrected chi connectivity index (χ4v) is 3.79. The maximum absolute atomic E-state index is 13.2. The molecule has 1 aliphatic rings. The maximum atomic E-state index is 13.2. The molecule has 29 heavy (non-hydrogen) atoms. The van der Waals surface area contributed by atoms with Crippen LogP contribution in [0.5, 0.6) is 0 Å². The van der Waals surface area contributed by atoms with Gasteiger partial charge in [-0.2, -0.15) is 0 Å². The number of aromatic nitrogens is 1. The van der Waals surface area contributed by atoms with E-state index >= 15 is 0 Å². The highest BCUT2D eigenvalue weighted by Gasteiger charge is 2.25. The van der Waals surface area contributed by atoms with Gasteiger partial charge >= 0.3 is 0 Å². The number of piperidine rings is 1. The zero-order chi connectivity index (χ0) is 20.2. The summed E-state index contributed by atoms with van der Waals surface area (Å²) >= 11 is 0. The van der Waals surface area contributed by atoms with Crippen LogP contribution in [0.2, 0.25) is 0 Å². The van der Waals surface area contributed by atoms with Crippen LogP contribution < -0.4 is 0 Å². The van der Waals surface area contributed by atoms with Gasteiger partial charge in [0.2, 0.25) is 5.91 Å². The van der Waals surface area contributed by atoms with Crippen molar-refractivity contribution >= 4 is 5.91 Å². The van der Waals surface area contributed by atoms with Crippen molar-refractivity contribution in [2.45, 2.75) is 25.2 Å². The average molecular weight is 392 g/mol. The summed E-state index contributed by atoms with van der Waals surface area (Å²) in [6, 6.07) is 18.2. The number of benzene rings is 2. The van der Waals surface area contributed by atoms with Crippen LogP contribution in [0, 0.1) is 11.6 Å². The monoisotopic (exact) mass is 392 g/mol. The Morgan fingerprint density at radius 1 is 0.966 bits per heavy atom. The molecule has 0 unspecified atom stereocenters. The SMILES string of the molecule is O=C(Cc1ccc(F)cc1)N1CCC[C@@H](c2cccc(-c3ccc(F)cc3)n2)C1. The molecule has 1 saturated heterocycles. The molecular weight excluding hydrogens is 370 g/mol. The fourth-order valence-electron chi connectivity index (χ4n) is 3.79. The molecule has 0 N–H and O–H groups in total. The van der Waals surface area contributed by atoms with Crippen LogP contribution in [0.4, 0.5) is 8.78 Å². The van der Waals surface area contributed by atoms with Gasteiger partial charge in [-0.05, 0) is 66.9 Å². The second kappa shape index (κ2) is 8.52. The Bertz CT molecular complexity index is 987. The molecule has 3 nitrogen and oxygen atoms in total. The lowest BCUT2D eigenvalue weighted by Crippen LogP contribution is -2.40. The second-order valence-electron chi connectivity index (χ2n) is 7.44. The highest BCUT2D eigenvalue weighted by molar-refractivity contribution is 5.79. The van der Waals surface area contributed by atoms with Crippen LogP contribution in [-0.2, 0) is 11.2 Å². The fraction of sp³-hybridized carbons (Fsp3) is 0.250. The van der Waals surface area contributed by atoms with E-state index in [0.717, 1.165) is 41.9 Å². The highest BCUT2D eigenvalue weighted by Crippen LogP contribution is 2.28. The van der Waals surface area contributed by atoms with E-state index in [4.69, 9.17) is 4.98 Å². The van der Waals surface area contributed by atoms with E-state index in [-0.39, 0.29) is 29.9 Å². The van der Waals surface area contributed by atoms with E-state index in [1.54, 1.807) is 24.3 Å². The predicted molar refractivity (Wildman–Crippen MR) is 108 cm³/mol. The van der Waals surface area contributed by atoms with Gasteiger partial charge in [0.25, 0.3) is 0 Å². The van der Waals surface area contributed by atoms with Crippen molar-refractivity contribution in [3.8, 4) is 11.3 Å². The van der Waals surface area contributed by atoms with Gasteiger partial charge in [0.05, 0.1) is 12.1 Å². The summed E-state index contributed by atoms with van der Waals surface area (Å²) in [7, 11) is 0. The van der Waals surface area contributed by atoms with Crippen LogP contribution in [0.3, 0.4) is 0 Å². The molecule has 3 aromatic rings. The van der Waals surface area contributed by atoms with Crippen molar-refractivity contribution in [3.05, 3.63) is 89.6 Å². The zero-order valence-corrected chi connectivity index (χ0v) is 16.0. The normalized spacial score (nSPS) is 16.6. The van der Waals surface area contributed by atoms with Gasteiger partial charge in [0.1, 0.15) is 11.6 Å². The van der Waals surface area contributed by atoms with E-state index in [1.165, 1.54) is 24.3 Å². The third-order valence-electron chi connectivity index (χ3n) is 5.37. The molecule has 4 rings (SSSR count). The van der Waals surface area contributed by atoms with Crippen LogP contribution in [0.15, 0.2) is 66.7 Å². The quantitative estimate of drug-likeness (QED) is 0.628. The molecule has 1 amide bonds. The Hall–Kier alpha value is -3.08. The number of rotatable bonds is 4. The molecule has 148 valence electrons. The van der Waals surface area contributed by atoms with Crippen LogP contribution >= 0.6 is 0 Å². The number of carbonyl (C=O) groups excluding carboxylic acids is 1. The van der Waals surface area contributed by atoms with Crippen molar-refractivity contribution < 1.29 is 13.6 Å². The standard InChI is InChI=1S/C24H22F2N2O/c25-20-10-6-17(7-11-20)15-24(29)28-14-2-3-19(16-28)23-5-1-4-22(27-23)18-8-12-21(26)13-9-18/h1,4-13,19H,2-3,14-16H2/t19-/m1/s1. The molecule has 0 saturated carbocycles. The lowest BCUT2D eigenvalue weighted by molar-refractivity contribution is -0.131. The topological polar surface area (TPSA) is 33.2 Å². The first-order valence-corrected chi connectivity index (χ1v) is 9.83. The lowest BCUT2D eigenvalue weighted by atomic mass is 9.93.